The highest BCUT2D eigenvalue weighted by atomic mass is 35.5. The van der Waals surface area contributed by atoms with Crippen molar-refractivity contribution in [3.05, 3.63) is 5.28 Å². The molecule has 1 saturated carbocycles. The number of hydrogen-bond acceptors (Lipinski definition) is 5. The molecule has 1 aliphatic rings. The van der Waals surface area contributed by atoms with Crippen LogP contribution < -0.4 is 10.6 Å². The Labute approximate surface area is 126 Å². The average molecular weight is 298 g/mol. The third-order valence-corrected chi connectivity index (χ3v) is 4.09. The molecule has 1 unspecified atom stereocenters. The maximum absolute atomic E-state index is 5.96. The molecule has 1 fully saturated rings. The third-order valence-electron chi connectivity index (χ3n) is 3.92. The first-order chi connectivity index (χ1) is 9.72. The van der Waals surface area contributed by atoms with Crippen molar-refractivity contribution in [3.8, 4) is 0 Å². The highest BCUT2D eigenvalue weighted by Gasteiger charge is 2.23. The van der Waals surface area contributed by atoms with Gasteiger partial charge in [0.25, 0.3) is 0 Å². The first-order valence-electron chi connectivity index (χ1n) is 7.65. The molecule has 2 N–H and O–H groups in total. The summed E-state index contributed by atoms with van der Waals surface area (Å²) < 4.78 is 0. The zero-order valence-corrected chi connectivity index (χ0v) is 13.1. The zero-order valence-electron chi connectivity index (χ0n) is 12.3. The fraction of sp³-hybridized carbons (Fsp3) is 0.786. The molecular weight excluding hydrogens is 274 g/mol. The van der Waals surface area contributed by atoms with E-state index in [1.165, 1.54) is 32.1 Å². The first-order valence-corrected chi connectivity index (χ1v) is 8.02. The average Bonchev–Trinajstić information content (AvgIpc) is 2.45. The Bertz CT molecular complexity index is 420. The molecule has 0 saturated heterocycles. The highest BCUT2D eigenvalue weighted by Crippen LogP contribution is 2.29. The summed E-state index contributed by atoms with van der Waals surface area (Å²) in [5.74, 6) is 1.83. The van der Waals surface area contributed by atoms with Gasteiger partial charge in [-0.1, -0.05) is 26.2 Å². The van der Waals surface area contributed by atoms with Crippen LogP contribution in [0.5, 0.6) is 0 Å². The highest BCUT2D eigenvalue weighted by molar-refractivity contribution is 6.28. The van der Waals surface area contributed by atoms with Crippen LogP contribution in [0.15, 0.2) is 0 Å². The van der Waals surface area contributed by atoms with Crippen molar-refractivity contribution >= 4 is 23.5 Å². The SMILES string of the molecule is CCNc1nc(Cl)nc(NC(CC)C2CCCCC2)n1. The van der Waals surface area contributed by atoms with Gasteiger partial charge in [0.2, 0.25) is 17.2 Å². The zero-order chi connectivity index (χ0) is 14.4. The minimum atomic E-state index is 0.233. The predicted octanol–water partition coefficient (Wildman–Crippen LogP) is 3.73. The summed E-state index contributed by atoms with van der Waals surface area (Å²) in [6.45, 7) is 4.97. The molecule has 112 valence electrons. The molecule has 2 rings (SSSR count). The van der Waals surface area contributed by atoms with Gasteiger partial charge in [-0.15, -0.1) is 0 Å². The molecule has 0 spiro atoms. The van der Waals surface area contributed by atoms with E-state index in [4.69, 9.17) is 11.6 Å². The smallest absolute Gasteiger partial charge is 0.229 e. The Balaban J connectivity index is 2.06. The van der Waals surface area contributed by atoms with E-state index in [0.717, 1.165) is 13.0 Å². The number of aromatic nitrogens is 3. The lowest BCUT2D eigenvalue weighted by Crippen LogP contribution is -2.31. The normalized spacial score (nSPS) is 17.8. The second-order valence-corrected chi connectivity index (χ2v) is 5.68. The number of anilines is 2. The van der Waals surface area contributed by atoms with Gasteiger partial charge < -0.3 is 10.6 Å². The summed E-state index contributed by atoms with van der Waals surface area (Å²) in [7, 11) is 0. The second kappa shape index (κ2) is 7.62. The predicted molar refractivity (Wildman–Crippen MR) is 83.3 cm³/mol. The number of rotatable bonds is 6. The molecule has 0 aromatic carbocycles. The van der Waals surface area contributed by atoms with E-state index >= 15 is 0 Å². The van der Waals surface area contributed by atoms with Crippen molar-refractivity contribution in [1.29, 1.82) is 0 Å². The largest absolute Gasteiger partial charge is 0.354 e. The molecule has 1 atom stereocenters. The Morgan fingerprint density at radius 1 is 1.10 bits per heavy atom. The Kier molecular flexibility index (Phi) is 5.83. The number of nitrogens with zero attached hydrogens (tertiary/aromatic N) is 3. The van der Waals surface area contributed by atoms with E-state index in [1.54, 1.807) is 0 Å². The van der Waals surface area contributed by atoms with Gasteiger partial charge in [-0.05, 0) is 43.7 Å². The van der Waals surface area contributed by atoms with E-state index in [2.05, 4.69) is 32.5 Å². The quantitative estimate of drug-likeness (QED) is 0.838. The van der Waals surface area contributed by atoms with E-state index in [9.17, 15) is 0 Å². The fourth-order valence-electron chi connectivity index (χ4n) is 2.91. The summed E-state index contributed by atoms with van der Waals surface area (Å²) in [5.41, 5.74) is 0. The molecule has 1 aliphatic carbocycles. The van der Waals surface area contributed by atoms with Gasteiger partial charge in [0, 0.05) is 12.6 Å². The van der Waals surface area contributed by atoms with E-state index < -0.39 is 0 Å². The topological polar surface area (TPSA) is 62.7 Å². The van der Waals surface area contributed by atoms with Gasteiger partial charge in [0.05, 0.1) is 0 Å². The van der Waals surface area contributed by atoms with Gasteiger partial charge in [-0.25, -0.2) is 0 Å². The maximum atomic E-state index is 5.96. The van der Waals surface area contributed by atoms with Crippen LogP contribution in [-0.2, 0) is 0 Å². The molecule has 5 nitrogen and oxygen atoms in total. The van der Waals surface area contributed by atoms with Crippen LogP contribution in [0.2, 0.25) is 5.28 Å². The van der Waals surface area contributed by atoms with Crippen molar-refractivity contribution in [1.82, 2.24) is 15.0 Å². The van der Waals surface area contributed by atoms with Crippen molar-refractivity contribution in [3.63, 3.8) is 0 Å². The van der Waals surface area contributed by atoms with Crippen LogP contribution in [0.25, 0.3) is 0 Å². The molecule has 0 radical (unpaired) electrons. The second-order valence-electron chi connectivity index (χ2n) is 5.34. The fourth-order valence-corrected chi connectivity index (χ4v) is 3.07. The van der Waals surface area contributed by atoms with Crippen LogP contribution in [0, 0.1) is 5.92 Å². The Morgan fingerprint density at radius 2 is 1.80 bits per heavy atom. The molecule has 0 amide bonds. The molecular formula is C14H24ClN5. The minimum Gasteiger partial charge on any atom is -0.354 e. The van der Waals surface area contributed by atoms with Crippen molar-refractivity contribution in [2.24, 2.45) is 5.92 Å². The maximum Gasteiger partial charge on any atom is 0.229 e. The van der Waals surface area contributed by atoms with Crippen LogP contribution in [0.1, 0.15) is 52.4 Å². The lowest BCUT2D eigenvalue weighted by Gasteiger charge is -2.30. The molecule has 1 aromatic heterocycles. The summed E-state index contributed by atoms with van der Waals surface area (Å²) in [6, 6.07) is 0.420. The summed E-state index contributed by atoms with van der Waals surface area (Å²) in [6.07, 6.45) is 7.71. The van der Waals surface area contributed by atoms with E-state index in [0.29, 0.717) is 23.9 Å². The van der Waals surface area contributed by atoms with Crippen LogP contribution in [-0.4, -0.2) is 27.5 Å². The van der Waals surface area contributed by atoms with Crippen molar-refractivity contribution in [2.75, 3.05) is 17.2 Å². The molecule has 1 heterocycles. The standard InChI is InChI=1S/C14H24ClN5/c1-3-11(10-8-6-5-7-9-10)17-14-19-12(15)18-13(20-14)16-4-2/h10-11H,3-9H2,1-2H3,(H2,16,17,18,19,20). The first kappa shape index (κ1) is 15.3. The van der Waals surface area contributed by atoms with Gasteiger partial charge in [-0.2, -0.15) is 15.0 Å². The van der Waals surface area contributed by atoms with Crippen LogP contribution in [0.3, 0.4) is 0 Å². The number of nitrogens with one attached hydrogen (secondary N) is 2. The van der Waals surface area contributed by atoms with Crippen molar-refractivity contribution in [2.45, 2.75) is 58.4 Å². The van der Waals surface area contributed by atoms with Gasteiger partial charge >= 0.3 is 0 Å². The lowest BCUT2D eigenvalue weighted by molar-refractivity contribution is 0.312. The minimum absolute atomic E-state index is 0.233. The molecule has 6 heteroatoms. The Morgan fingerprint density at radius 3 is 2.45 bits per heavy atom. The van der Waals surface area contributed by atoms with Gasteiger partial charge in [0.1, 0.15) is 0 Å². The third kappa shape index (κ3) is 4.20. The van der Waals surface area contributed by atoms with Crippen LogP contribution in [0.4, 0.5) is 11.9 Å². The summed E-state index contributed by atoms with van der Waals surface area (Å²) >= 11 is 5.96. The van der Waals surface area contributed by atoms with Crippen molar-refractivity contribution < 1.29 is 0 Å². The Hall–Kier alpha value is -1.10. The van der Waals surface area contributed by atoms with E-state index in [-0.39, 0.29) is 5.28 Å². The lowest BCUT2D eigenvalue weighted by atomic mass is 9.83. The summed E-state index contributed by atoms with van der Waals surface area (Å²) in [5, 5.41) is 6.76. The molecule has 0 aliphatic heterocycles. The molecule has 0 bridgehead atoms. The van der Waals surface area contributed by atoms with Crippen LogP contribution >= 0.6 is 11.6 Å². The number of hydrogen-bond donors (Lipinski definition) is 2. The summed E-state index contributed by atoms with van der Waals surface area (Å²) in [4.78, 5) is 12.6. The molecule has 1 aromatic rings. The van der Waals surface area contributed by atoms with Gasteiger partial charge in [-0.3, -0.25) is 0 Å². The van der Waals surface area contributed by atoms with Gasteiger partial charge in [0.15, 0.2) is 0 Å². The number of halogens is 1. The monoisotopic (exact) mass is 297 g/mol. The molecule has 20 heavy (non-hydrogen) atoms. The van der Waals surface area contributed by atoms with E-state index in [1.807, 2.05) is 6.92 Å².